The van der Waals surface area contributed by atoms with Gasteiger partial charge in [-0.15, -0.1) is 0 Å². The molecule has 1 aliphatic heterocycles. The molecule has 0 aromatic heterocycles. The maximum absolute atomic E-state index is 11.0. The van der Waals surface area contributed by atoms with Crippen LogP contribution in [0.3, 0.4) is 0 Å². The number of hydrogen-bond donors (Lipinski definition) is 0. The minimum atomic E-state index is -0.158. The van der Waals surface area contributed by atoms with E-state index >= 15 is 0 Å². The molecule has 0 amide bonds. The molecule has 0 radical (unpaired) electrons. The molecule has 1 saturated heterocycles. The summed E-state index contributed by atoms with van der Waals surface area (Å²) < 4.78 is 15.2. The number of ether oxygens (including phenoxy) is 3. The van der Waals surface area contributed by atoms with Gasteiger partial charge in [-0.25, -0.2) is 0 Å². The maximum Gasteiger partial charge on any atom is 0.309 e. The van der Waals surface area contributed by atoms with Gasteiger partial charge in [0.25, 0.3) is 0 Å². The molecule has 0 bridgehead atoms. The third kappa shape index (κ3) is 1.32. The van der Waals surface area contributed by atoms with E-state index in [2.05, 4.69) is 4.74 Å². The zero-order valence-electron chi connectivity index (χ0n) is 6.99. The Bertz CT molecular complexity index is 185. The molecule has 0 aromatic carbocycles. The van der Waals surface area contributed by atoms with Crippen molar-refractivity contribution in [3.63, 3.8) is 0 Å². The first-order valence-electron chi connectivity index (χ1n) is 4.14. The number of carbonyl (C=O) groups is 1. The summed E-state index contributed by atoms with van der Waals surface area (Å²) >= 11 is 0. The lowest BCUT2D eigenvalue weighted by atomic mass is 10.3. The second kappa shape index (κ2) is 3.03. The predicted octanol–water partition coefficient (Wildman–Crippen LogP) is 0.168. The lowest BCUT2D eigenvalue weighted by Crippen LogP contribution is -2.15. The number of hydrogen-bond acceptors (Lipinski definition) is 4. The maximum atomic E-state index is 11.0. The quantitative estimate of drug-likeness (QED) is 0.557. The van der Waals surface area contributed by atoms with E-state index in [0.717, 1.165) is 6.42 Å². The molecule has 1 aliphatic carbocycles. The Balaban J connectivity index is 1.82. The summed E-state index contributed by atoms with van der Waals surface area (Å²) in [5.41, 5.74) is 0. The van der Waals surface area contributed by atoms with Crippen LogP contribution in [0.2, 0.25) is 0 Å². The van der Waals surface area contributed by atoms with Crippen LogP contribution in [0.4, 0.5) is 0 Å². The van der Waals surface area contributed by atoms with Gasteiger partial charge in [-0.1, -0.05) is 0 Å². The zero-order valence-corrected chi connectivity index (χ0v) is 6.99. The van der Waals surface area contributed by atoms with Crippen LogP contribution in [-0.2, 0) is 19.0 Å². The fourth-order valence-electron chi connectivity index (χ4n) is 1.56. The first-order chi connectivity index (χ1) is 5.83. The van der Waals surface area contributed by atoms with Crippen LogP contribution in [0.1, 0.15) is 6.42 Å². The highest BCUT2D eigenvalue weighted by Gasteiger charge is 2.50. The van der Waals surface area contributed by atoms with Gasteiger partial charge in [0.1, 0.15) is 0 Å². The Labute approximate surface area is 70.8 Å². The van der Waals surface area contributed by atoms with Crippen LogP contribution in [0.25, 0.3) is 0 Å². The SMILES string of the molecule is COC(=O)C1CC1C1OCCO1. The van der Waals surface area contributed by atoms with Crippen molar-refractivity contribution >= 4 is 5.97 Å². The summed E-state index contributed by atoms with van der Waals surface area (Å²) in [4.78, 5) is 11.0. The van der Waals surface area contributed by atoms with Crippen molar-refractivity contribution in [1.82, 2.24) is 0 Å². The summed E-state index contributed by atoms with van der Waals surface area (Å²) in [5.74, 6) is 0.108. The molecule has 2 rings (SSSR count). The second-order valence-corrected chi connectivity index (χ2v) is 3.14. The molecule has 0 aromatic rings. The van der Waals surface area contributed by atoms with Gasteiger partial charge < -0.3 is 14.2 Å². The lowest BCUT2D eigenvalue weighted by Gasteiger charge is -2.06. The van der Waals surface area contributed by atoms with Gasteiger partial charge in [0.05, 0.1) is 26.2 Å². The van der Waals surface area contributed by atoms with E-state index in [1.165, 1.54) is 7.11 Å². The van der Waals surface area contributed by atoms with Crippen LogP contribution in [0, 0.1) is 11.8 Å². The van der Waals surface area contributed by atoms with Crippen molar-refractivity contribution in [1.29, 1.82) is 0 Å². The fourth-order valence-corrected chi connectivity index (χ4v) is 1.56. The van der Waals surface area contributed by atoms with Gasteiger partial charge in [-0.3, -0.25) is 4.79 Å². The molecule has 12 heavy (non-hydrogen) atoms. The predicted molar refractivity (Wildman–Crippen MR) is 39.3 cm³/mol. The molecule has 4 heteroatoms. The van der Waals surface area contributed by atoms with Crippen molar-refractivity contribution in [2.75, 3.05) is 20.3 Å². The molecular formula is C8H12O4. The van der Waals surface area contributed by atoms with Crippen molar-refractivity contribution in [2.45, 2.75) is 12.7 Å². The average Bonchev–Trinajstić information content (AvgIpc) is 2.71. The number of methoxy groups -OCH3 is 1. The fraction of sp³-hybridized carbons (Fsp3) is 0.875. The molecule has 1 saturated carbocycles. The topological polar surface area (TPSA) is 44.8 Å². The Morgan fingerprint density at radius 3 is 2.67 bits per heavy atom. The highest BCUT2D eigenvalue weighted by Crippen LogP contribution is 2.44. The van der Waals surface area contributed by atoms with Crippen LogP contribution in [-0.4, -0.2) is 32.6 Å². The summed E-state index contributed by atoms with van der Waals surface area (Å²) in [6, 6.07) is 0. The lowest BCUT2D eigenvalue weighted by molar-refractivity contribution is -0.144. The summed E-state index contributed by atoms with van der Waals surface area (Å²) in [6.45, 7) is 1.30. The molecule has 2 atom stereocenters. The largest absolute Gasteiger partial charge is 0.469 e. The van der Waals surface area contributed by atoms with Gasteiger partial charge >= 0.3 is 5.97 Å². The Morgan fingerprint density at radius 2 is 2.08 bits per heavy atom. The van der Waals surface area contributed by atoms with Crippen molar-refractivity contribution in [3.05, 3.63) is 0 Å². The molecule has 2 unspecified atom stereocenters. The van der Waals surface area contributed by atoms with Crippen LogP contribution in [0.5, 0.6) is 0 Å². The minimum absolute atomic E-state index is 0.0121. The number of carbonyl (C=O) groups excluding carboxylic acids is 1. The van der Waals surface area contributed by atoms with Gasteiger partial charge in [-0.05, 0) is 6.42 Å². The van der Waals surface area contributed by atoms with Crippen LogP contribution >= 0.6 is 0 Å². The molecule has 4 nitrogen and oxygen atoms in total. The third-order valence-corrected chi connectivity index (χ3v) is 2.34. The minimum Gasteiger partial charge on any atom is -0.469 e. The van der Waals surface area contributed by atoms with E-state index in [-0.39, 0.29) is 24.1 Å². The smallest absolute Gasteiger partial charge is 0.309 e. The highest BCUT2D eigenvalue weighted by molar-refractivity contribution is 5.75. The van der Waals surface area contributed by atoms with E-state index in [1.807, 2.05) is 0 Å². The van der Waals surface area contributed by atoms with E-state index < -0.39 is 0 Å². The molecule has 1 heterocycles. The average molecular weight is 172 g/mol. The summed E-state index contributed by atoms with van der Waals surface area (Å²) in [7, 11) is 1.41. The standard InChI is InChI=1S/C8H12O4/c1-10-7(9)5-4-6(5)8-11-2-3-12-8/h5-6,8H,2-4H2,1H3. The number of esters is 1. The number of rotatable bonds is 2. The van der Waals surface area contributed by atoms with Crippen molar-refractivity contribution in [2.24, 2.45) is 11.8 Å². The van der Waals surface area contributed by atoms with Gasteiger partial charge in [-0.2, -0.15) is 0 Å². The second-order valence-electron chi connectivity index (χ2n) is 3.14. The molecule has 0 spiro atoms. The Hall–Kier alpha value is -0.610. The first-order valence-corrected chi connectivity index (χ1v) is 4.14. The Kier molecular flexibility index (Phi) is 2.02. The van der Waals surface area contributed by atoms with E-state index in [1.54, 1.807) is 0 Å². The van der Waals surface area contributed by atoms with Gasteiger partial charge in [0.2, 0.25) is 0 Å². The molecule has 0 N–H and O–H groups in total. The van der Waals surface area contributed by atoms with Gasteiger partial charge in [0.15, 0.2) is 6.29 Å². The monoisotopic (exact) mass is 172 g/mol. The molecule has 2 fully saturated rings. The first kappa shape index (κ1) is 8.01. The molecular weight excluding hydrogens is 160 g/mol. The normalized spacial score (nSPS) is 35.1. The van der Waals surface area contributed by atoms with Crippen LogP contribution < -0.4 is 0 Å². The molecule has 2 aliphatic rings. The zero-order chi connectivity index (χ0) is 8.55. The van der Waals surface area contributed by atoms with E-state index in [0.29, 0.717) is 13.2 Å². The summed E-state index contributed by atoms with van der Waals surface area (Å²) in [5, 5.41) is 0. The van der Waals surface area contributed by atoms with E-state index in [4.69, 9.17) is 9.47 Å². The van der Waals surface area contributed by atoms with Crippen molar-refractivity contribution in [3.8, 4) is 0 Å². The van der Waals surface area contributed by atoms with Gasteiger partial charge in [0, 0.05) is 5.92 Å². The van der Waals surface area contributed by atoms with E-state index in [9.17, 15) is 4.79 Å². The highest BCUT2D eigenvalue weighted by atomic mass is 16.7. The third-order valence-electron chi connectivity index (χ3n) is 2.34. The molecule has 68 valence electrons. The Morgan fingerprint density at radius 1 is 1.42 bits per heavy atom. The van der Waals surface area contributed by atoms with Crippen LogP contribution in [0.15, 0.2) is 0 Å². The van der Waals surface area contributed by atoms with Crippen molar-refractivity contribution < 1.29 is 19.0 Å². The summed E-state index contributed by atoms with van der Waals surface area (Å²) in [6.07, 6.45) is 0.686.